The van der Waals surface area contributed by atoms with E-state index in [4.69, 9.17) is 0 Å². The predicted octanol–water partition coefficient (Wildman–Crippen LogP) is 5.81. The Kier molecular flexibility index (Phi) is 14.6. The van der Waals surface area contributed by atoms with Gasteiger partial charge in [0.15, 0.2) is 0 Å². The van der Waals surface area contributed by atoms with E-state index in [1.165, 1.54) is 39.8 Å². The average Bonchev–Trinajstić information content (AvgIpc) is 3.54. The van der Waals surface area contributed by atoms with E-state index in [0.717, 1.165) is 91.3 Å². The van der Waals surface area contributed by atoms with Gasteiger partial charge in [-0.2, -0.15) is 0 Å². The van der Waals surface area contributed by atoms with Crippen molar-refractivity contribution in [3.05, 3.63) is 0 Å². The van der Waals surface area contributed by atoms with Crippen molar-refractivity contribution in [2.75, 3.05) is 34.5 Å². The molecule has 4 saturated heterocycles. The Bertz CT molecular complexity index is 456. The molecule has 10 heteroatoms. The summed E-state index contributed by atoms with van der Waals surface area (Å²) in [6, 6.07) is 0. The van der Waals surface area contributed by atoms with E-state index in [9.17, 15) is 0 Å². The standard InChI is InChI=1S/C20H34S6Se4/c1(2-27-8-16-4-22-16)21-15(9-28-10-17-5-23-17)3-26-20(13-29-11-18-6-24-18)14-30-12-19-7-25-19/h15-20H,1-14H2. The molecule has 0 aromatic carbocycles. The molecule has 0 radical (unpaired) electrons. The summed E-state index contributed by atoms with van der Waals surface area (Å²) in [5, 5.41) is 18.8. The Labute approximate surface area is 236 Å². The molecule has 0 N–H and O–H groups in total. The Hall–Kier alpha value is 4.18. The molecule has 4 fully saturated rings. The van der Waals surface area contributed by atoms with Crippen LogP contribution in [0, 0.1) is 0 Å². The summed E-state index contributed by atoms with van der Waals surface area (Å²) in [6.45, 7) is 0. The summed E-state index contributed by atoms with van der Waals surface area (Å²) in [4.78, 5) is 0. The van der Waals surface area contributed by atoms with Crippen LogP contribution in [0.3, 0.4) is 0 Å². The fraction of sp³-hybridized carbons (Fsp3) is 1.00. The summed E-state index contributed by atoms with van der Waals surface area (Å²) in [5.41, 5.74) is 0. The van der Waals surface area contributed by atoms with Gasteiger partial charge in [0.25, 0.3) is 0 Å². The molecule has 0 aromatic rings. The van der Waals surface area contributed by atoms with Gasteiger partial charge in [0.05, 0.1) is 0 Å². The molecule has 0 saturated carbocycles. The van der Waals surface area contributed by atoms with Gasteiger partial charge >= 0.3 is 239 Å². The molecule has 0 nitrogen and oxygen atoms in total. The van der Waals surface area contributed by atoms with Gasteiger partial charge in [-0.3, -0.25) is 0 Å². The summed E-state index contributed by atoms with van der Waals surface area (Å²) in [6.07, 6.45) is 0. The molecule has 4 rings (SSSR count). The van der Waals surface area contributed by atoms with Gasteiger partial charge in [-0.1, -0.05) is 0 Å². The second-order valence-corrected chi connectivity index (χ2v) is 25.2. The third kappa shape index (κ3) is 14.1. The fourth-order valence-corrected chi connectivity index (χ4v) is 24.5. The molecule has 4 aliphatic heterocycles. The Morgan fingerprint density at radius 1 is 0.600 bits per heavy atom. The first-order valence-electron chi connectivity index (χ1n) is 10.9. The van der Waals surface area contributed by atoms with Gasteiger partial charge < -0.3 is 0 Å². The van der Waals surface area contributed by atoms with Crippen molar-refractivity contribution >= 4 is 130 Å². The van der Waals surface area contributed by atoms with Crippen LogP contribution in [0.2, 0.25) is 42.6 Å². The van der Waals surface area contributed by atoms with Crippen molar-refractivity contribution in [2.24, 2.45) is 0 Å². The quantitative estimate of drug-likeness (QED) is 0.0814. The molecule has 0 aromatic heterocycles. The van der Waals surface area contributed by atoms with E-state index in [-0.39, 0.29) is 0 Å². The minimum absolute atomic E-state index is 0.915. The molecule has 4 aliphatic rings. The number of hydrogen-bond acceptors (Lipinski definition) is 6. The first-order valence-corrected chi connectivity index (χ1v) is 26.8. The maximum atomic E-state index is 2.43. The van der Waals surface area contributed by atoms with Crippen molar-refractivity contribution in [2.45, 2.75) is 74.1 Å². The van der Waals surface area contributed by atoms with Crippen LogP contribution < -0.4 is 0 Å². The SMILES string of the molecule is C(C[Se]CC1CS1)SC(CSC(C[Se]CC1CS1)C[Se]CC1CS1)C[Se]CC1CS1. The van der Waals surface area contributed by atoms with Gasteiger partial charge in [-0.15, -0.1) is 0 Å². The number of thioether (sulfide) groups is 6. The van der Waals surface area contributed by atoms with Crippen LogP contribution in [0.4, 0.5) is 0 Å². The first kappa shape index (κ1) is 27.2. The van der Waals surface area contributed by atoms with Crippen LogP contribution in [0.15, 0.2) is 0 Å². The molecule has 0 spiro atoms. The zero-order valence-electron chi connectivity index (χ0n) is 17.4. The number of rotatable bonds is 21. The van der Waals surface area contributed by atoms with E-state index in [0.29, 0.717) is 0 Å². The molecule has 0 bridgehead atoms. The third-order valence-electron chi connectivity index (χ3n) is 4.83. The van der Waals surface area contributed by atoms with E-state index in [1.54, 1.807) is 37.2 Å². The monoisotopic (exact) mass is 786 g/mol. The minimum atomic E-state index is 0.915. The summed E-state index contributed by atoms with van der Waals surface area (Å²) in [7, 11) is 0. The van der Waals surface area contributed by atoms with E-state index in [1.807, 2.05) is 0 Å². The molecule has 30 heavy (non-hydrogen) atoms. The van der Waals surface area contributed by atoms with Crippen LogP contribution in [-0.2, 0) is 0 Å². The second kappa shape index (κ2) is 16.1. The predicted molar refractivity (Wildman–Crippen MR) is 159 cm³/mol. The molecule has 5 atom stereocenters. The van der Waals surface area contributed by atoms with Crippen molar-refractivity contribution in [3.63, 3.8) is 0 Å². The topological polar surface area (TPSA) is 0 Å². The molecule has 0 amide bonds. The second-order valence-electron chi connectivity index (χ2n) is 7.96. The van der Waals surface area contributed by atoms with E-state index >= 15 is 0 Å². The van der Waals surface area contributed by atoms with Crippen molar-refractivity contribution in [1.82, 2.24) is 0 Å². The normalized spacial score (nSPS) is 30.8. The van der Waals surface area contributed by atoms with Crippen LogP contribution >= 0.6 is 70.6 Å². The first-order chi connectivity index (χ1) is 14.8. The summed E-state index contributed by atoms with van der Waals surface area (Å²) in [5.74, 6) is 8.84. The zero-order chi connectivity index (χ0) is 20.4. The van der Waals surface area contributed by atoms with Crippen molar-refractivity contribution in [3.8, 4) is 0 Å². The van der Waals surface area contributed by atoms with E-state index < -0.39 is 0 Å². The van der Waals surface area contributed by atoms with Crippen LogP contribution in [0.1, 0.15) is 0 Å². The van der Waals surface area contributed by atoms with Gasteiger partial charge in [-0.25, -0.2) is 0 Å². The van der Waals surface area contributed by atoms with Crippen molar-refractivity contribution < 1.29 is 0 Å². The number of hydrogen-bond donors (Lipinski definition) is 0. The molecular formula is C20H34S6Se4. The Balaban J connectivity index is 1.13. The third-order valence-corrected chi connectivity index (χ3v) is 25.9. The van der Waals surface area contributed by atoms with Gasteiger partial charge in [0.2, 0.25) is 0 Å². The summed E-state index contributed by atoms with van der Waals surface area (Å²) < 4.78 is 0. The van der Waals surface area contributed by atoms with Gasteiger partial charge in [-0.05, 0) is 0 Å². The molecule has 174 valence electrons. The Morgan fingerprint density at radius 2 is 1.03 bits per heavy atom. The van der Waals surface area contributed by atoms with Crippen LogP contribution in [0.25, 0.3) is 0 Å². The molecule has 4 heterocycles. The molecule has 5 unspecified atom stereocenters. The van der Waals surface area contributed by atoms with Crippen LogP contribution in [0.5, 0.6) is 0 Å². The average molecular weight is 783 g/mol. The Morgan fingerprint density at radius 3 is 1.50 bits per heavy atom. The fourth-order valence-electron chi connectivity index (χ4n) is 2.67. The summed E-state index contributed by atoms with van der Waals surface area (Å²) >= 11 is 17.3. The molecular weight excluding hydrogens is 748 g/mol. The van der Waals surface area contributed by atoms with E-state index in [2.05, 4.69) is 70.6 Å². The van der Waals surface area contributed by atoms with Crippen LogP contribution in [-0.4, -0.2) is 126 Å². The zero-order valence-corrected chi connectivity index (χ0v) is 29.2. The molecule has 0 aliphatic carbocycles. The van der Waals surface area contributed by atoms with Gasteiger partial charge in [0, 0.05) is 0 Å². The van der Waals surface area contributed by atoms with Gasteiger partial charge in [0.1, 0.15) is 0 Å². The maximum absolute atomic E-state index is 2.43. The van der Waals surface area contributed by atoms with Crippen molar-refractivity contribution in [1.29, 1.82) is 0 Å².